The maximum Gasteiger partial charge on any atom is 0.243 e. The molecule has 1 amide bonds. The van der Waals surface area contributed by atoms with Crippen LogP contribution >= 0.6 is 0 Å². The second-order valence-corrected chi connectivity index (χ2v) is 8.68. The van der Waals surface area contributed by atoms with Gasteiger partial charge >= 0.3 is 0 Å². The Morgan fingerprint density at radius 1 is 1.21 bits per heavy atom. The number of benzene rings is 1. The fourth-order valence-electron chi connectivity index (χ4n) is 3.81. The van der Waals surface area contributed by atoms with Gasteiger partial charge in [-0.1, -0.05) is 13.8 Å². The first-order valence-electron chi connectivity index (χ1n) is 8.90. The first-order valence-corrected chi connectivity index (χ1v) is 10.3. The van der Waals surface area contributed by atoms with Crippen LogP contribution in [0.4, 0.5) is 5.69 Å². The van der Waals surface area contributed by atoms with Gasteiger partial charge in [0.05, 0.1) is 16.5 Å². The Kier molecular flexibility index (Phi) is 4.71. The minimum Gasteiger partial charge on any atom is -0.311 e. The maximum absolute atomic E-state index is 13.1. The van der Waals surface area contributed by atoms with Crippen molar-refractivity contribution in [1.29, 1.82) is 0 Å². The second kappa shape index (κ2) is 6.48. The van der Waals surface area contributed by atoms with Crippen LogP contribution in [-0.4, -0.2) is 38.3 Å². The Morgan fingerprint density at radius 2 is 1.88 bits per heavy atom. The fourth-order valence-corrected chi connectivity index (χ4v) is 5.53. The molecule has 2 aliphatic heterocycles. The lowest BCUT2D eigenvalue weighted by atomic mass is 9.97. The molecule has 0 unspecified atom stereocenters. The zero-order valence-corrected chi connectivity index (χ0v) is 15.5. The molecule has 1 atom stereocenters. The maximum atomic E-state index is 13.1. The van der Waals surface area contributed by atoms with E-state index >= 15 is 0 Å². The van der Waals surface area contributed by atoms with Crippen LogP contribution in [0.1, 0.15) is 57.1 Å². The molecular formula is C18H26N2O3S. The number of carbonyl (C=O) groups excluding carboxylic acids is 1. The van der Waals surface area contributed by atoms with Crippen molar-refractivity contribution in [1.82, 2.24) is 4.31 Å². The van der Waals surface area contributed by atoms with Crippen molar-refractivity contribution in [3.05, 3.63) is 23.3 Å². The van der Waals surface area contributed by atoms with Crippen molar-refractivity contribution in [2.24, 2.45) is 0 Å². The second-order valence-electron chi connectivity index (χ2n) is 6.74. The number of hydrogen-bond acceptors (Lipinski definition) is 3. The van der Waals surface area contributed by atoms with E-state index in [0.717, 1.165) is 49.0 Å². The molecule has 1 aromatic carbocycles. The highest BCUT2D eigenvalue weighted by atomic mass is 32.2. The van der Waals surface area contributed by atoms with Crippen LogP contribution in [0.2, 0.25) is 0 Å². The topological polar surface area (TPSA) is 57.7 Å². The highest BCUT2D eigenvalue weighted by molar-refractivity contribution is 7.89. The van der Waals surface area contributed by atoms with E-state index in [1.165, 1.54) is 0 Å². The van der Waals surface area contributed by atoms with Crippen molar-refractivity contribution >= 4 is 21.6 Å². The lowest BCUT2D eigenvalue weighted by molar-refractivity contribution is -0.119. The monoisotopic (exact) mass is 350 g/mol. The Hall–Kier alpha value is -1.40. The molecule has 24 heavy (non-hydrogen) atoms. The third-order valence-electron chi connectivity index (χ3n) is 4.98. The number of aryl methyl sites for hydroxylation is 1. The van der Waals surface area contributed by atoms with Gasteiger partial charge in [0.25, 0.3) is 0 Å². The molecule has 0 saturated carbocycles. The Morgan fingerprint density at radius 3 is 2.50 bits per heavy atom. The lowest BCUT2D eigenvalue weighted by Gasteiger charge is -2.27. The number of amides is 1. The average Bonchev–Trinajstić information content (AvgIpc) is 2.81. The van der Waals surface area contributed by atoms with Gasteiger partial charge in [-0.2, -0.15) is 4.31 Å². The van der Waals surface area contributed by atoms with Crippen LogP contribution in [0.5, 0.6) is 0 Å². The summed E-state index contributed by atoms with van der Waals surface area (Å²) in [6, 6.07) is 3.53. The molecule has 0 fully saturated rings. The van der Waals surface area contributed by atoms with Crippen LogP contribution in [0.3, 0.4) is 0 Å². The van der Waals surface area contributed by atoms with Crippen LogP contribution in [0.15, 0.2) is 17.0 Å². The van der Waals surface area contributed by atoms with Gasteiger partial charge in [-0.15, -0.1) is 0 Å². The van der Waals surface area contributed by atoms with Crippen molar-refractivity contribution in [3.8, 4) is 0 Å². The van der Waals surface area contributed by atoms with E-state index in [2.05, 4.69) is 0 Å². The molecule has 1 aromatic rings. The zero-order valence-electron chi connectivity index (χ0n) is 14.7. The van der Waals surface area contributed by atoms with Crippen molar-refractivity contribution in [2.75, 3.05) is 24.5 Å². The average molecular weight is 350 g/mol. The molecule has 0 spiro atoms. The predicted molar refractivity (Wildman–Crippen MR) is 94.9 cm³/mol. The van der Waals surface area contributed by atoms with Gasteiger partial charge in [0.15, 0.2) is 0 Å². The number of nitrogens with zero attached hydrogens (tertiary/aromatic N) is 2. The first kappa shape index (κ1) is 17.4. The molecule has 0 aliphatic carbocycles. The van der Waals surface area contributed by atoms with E-state index in [1.54, 1.807) is 16.4 Å². The Labute approximate surface area is 144 Å². The molecule has 3 rings (SSSR count). The molecule has 6 heteroatoms. The Balaban J connectivity index is 2.09. The fraction of sp³-hybridized carbons (Fsp3) is 0.611. The molecule has 0 radical (unpaired) electrons. The van der Waals surface area contributed by atoms with E-state index < -0.39 is 10.0 Å². The van der Waals surface area contributed by atoms with E-state index in [9.17, 15) is 13.2 Å². The number of rotatable bonds is 6. The predicted octanol–water partition coefficient (Wildman–Crippen LogP) is 2.89. The standard InChI is InChI=1S/C18H26N2O3S/c1-4-8-19(9-5-2)24(22,23)15-11-14-7-6-10-20-17(14)16(12-15)13(3)18(20)21/h11-13H,4-10H2,1-3H3/t13-/m1/s1. The third-order valence-corrected chi connectivity index (χ3v) is 6.85. The van der Waals surface area contributed by atoms with Gasteiger partial charge in [0.1, 0.15) is 0 Å². The summed E-state index contributed by atoms with van der Waals surface area (Å²) < 4.78 is 27.8. The Bertz CT molecular complexity index is 752. The highest BCUT2D eigenvalue weighted by Gasteiger charge is 2.39. The van der Waals surface area contributed by atoms with Gasteiger partial charge in [-0.05, 0) is 55.9 Å². The van der Waals surface area contributed by atoms with Crippen LogP contribution in [0, 0.1) is 0 Å². The summed E-state index contributed by atoms with van der Waals surface area (Å²) in [7, 11) is -3.51. The SMILES string of the molecule is CCCN(CCC)S(=O)(=O)c1cc2c3c(c1)[C@@H](C)C(=O)N3CCC2. The van der Waals surface area contributed by atoms with Crippen molar-refractivity contribution in [3.63, 3.8) is 0 Å². The first-order chi connectivity index (χ1) is 11.4. The summed E-state index contributed by atoms with van der Waals surface area (Å²) in [5, 5.41) is 0. The van der Waals surface area contributed by atoms with Gasteiger partial charge in [-0.3, -0.25) is 4.79 Å². The van der Waals surface area contributed by atoms with E-state index in [0.29, 0.717) is 18.0 Å². The lowest BCUT2D eigenvalue weighted by Crippen LogP contribution is -2.33. The summed E-state index contributed by atoms with van der Waals surface area (Å²) in [6.07, 6.45) is 3.31. The minimum atomic E-state index is -3.51. The molecule has 132 valence electrons. The highest BCUT2D eigenvalue weighted by Crippen LogP contribution is 2.44. The number of carbonyl (C=O) groups is 1. The number of anilines is 1. The van der Waals surface area contributed by atoms with Crippen LogP contribution < -0.4 is 4.90 Å². The van der Waals surface area contributed by atoms with E-state index in [1.807, 2.05) is 25.7 Å². The van der Waals surface area contributed by atoms with Crippen molar-refractivity contribution in [2.45, 2.75) is 57.3 Å². The van der Waals surface area contributed by atoms with Gasteiger partial charge in [0.2, 0.25) is 15.9 Å². The summed E-state index contributed by atoms with van der Waals surface area (Å²) in [5.41, 5.74) is 2.85. The third kappa shape index (κ3) is 2.65. The normalized spacial score (nSPS) is 19.9. The molecule has 5 nitrogen and oxygen atoms in total. The summed E-state index contributed by atoms with van der Waals surface area (Å²) in [5.74, 6) is -0.155. The molecular weight excluding hydrogens is 324 g/mol. The summed E-state index contributed by atoms with van der Waals surface area (Å²) >= 11 is 0. The van der Waals surface area contributed by atoms with Crippen LogP contribution in [0.25, 0.3) is 0 Å². The van der Waals surface area contributed by atoms with Gasteiger partial charge in [0, 0.05) is 19.6 Å². The molecule has 0 bridgehead atoms. The number of hydrogen-bond donors (Lipinski definition) is 0. The molecule has 2 aliphatic rings. The van der Waals surface area contributed by atoms with Crippen molar-refractivity contribution < 1.29 is 13.2 Å². The molecule has 0 N–H and O–H groups in total. The minimum absolute atomic E-state index is 0.0967. The van der Waals surface area contributed by atoms with Crippen LogP contribution in [-0.2, 0) is 21.2 Å². The smallest absolute Gasteiger partial charge is 0.243 e. The zero-order chi connectivity index (χ0) is 17.5. The summed E-state index contributed by atoms with van der Waals surface area (Å²) in [6.45, 7) is 7.66. The summed E-state index contributed by atoms with van der Waals surface area (Å²) in [4.78, 5) is 14.6. The van der Waals surface area contributed by atoms with Gasteiger partial charge < -0.3 is 4.90 Å². The largest absolute Gasteiger partial charge is 0.311 e. The van der Waals surface area contributed by atoms with Gasteiger partial charge in [-0.25, -0.2) is 8.42 Å². The molecule has 2 heterocycles. The van der Waals surface area contributed by atoms with E-state index in [-0.39, 0.29) is 11.8 Å². The molecule has 0 aromatic heterocycles. The van der Waals surface area contributed by atoms with E-state index in [4.69, 9.17) is 0 Å². The number of sulfonamides is 1. The molecule has 0 saturated heterocycles. The quantitative estimate of drug-likeness (QED) is 0.793.